The molecule has 208 valence electrons. The van der Waals surface area contributed by atoms with E-state index in [1.54, 1.807) is 42.5 Å². The number of fused-ring (bicyclic) bond motifs is 1. The lowest BCUT2D eigenvalue weighted by atomic mass is 9.52. The van der Waals surface area contributed by atoms with Gasteiger partial charge in [-0.15, -0.1) is 0 Å². The molecule has 6 rings (SSSR count). The van der Waals surface area contributed by atoms with E-state index in [2.05, 4.69) is 0 Å². The highest BCUT2D eigenvalue weighted by Gasteiger charge is 2.60. The van der Waals surface area contributed by atoms with E-state index in [0.717, 1.165) is 11.1 Å². The molecule has 4 atom stereocenters. The number of para-hydroxylation sites is 2. The second-order valence-corrected chi connectivity index (χ2v) is 9.94. The van der Waals surface area contributed by atoms with Crippen LogP contribution in [-0.2, 0) is 9.59 Å². The molecule has 8 heteroatoms. The Bertz CT molecular complexity index is 1560. The van der Waals surface area contributed by atoms with Crippen LogP contribution in [0.5, 0.6) is 28.7 Å². The summed E-state index contributed by atoms with van der Waals surface area (Å²) in [6.07, 6.45) is 0. The number of esters is 1. The zero-order valence-electron chi connectivity index (χ0n) is 22.5. The molecule has 0 bridgehead atoms. The highest BCUT2D eigenvalue weighted by molar-refractivity contribution is 5.86. The van der Waals surface area contributed by atoms with Crippen molar-refractivity contribution in [3.05, 3.63) is 102 Å². The standard InChI is InChI=1S/C33H28O8/c1-37-24-12-5-3-10-22(24)28-30(32(34)35)29(23-11-4-6-13-25(23)38-2)31(28)33(36)41-21-9-7-8-19(16-21)20-14-15-26-27(17-20)40-18-39-26/h3-17,28-31H,18H2,1-2H3,(H,34,35)/t28-,29?,30?,31?/m0/s1. The molecule has 0 spiro atoms. The fourth-order valence-electron chi connectivity index (χ4n) is 6.01. The fraction of sp³-hybridized carbons (Fsp3) is 0.212. The molecule has 8 nitrogen and oxygen atoms in total. The van der Waals surface area contributed by atoms with Gasteiger partial charge in [-0.05, 0) is 58.7 Å². The van der Waals surface area contributed by atoms with Gasteiger partial charge in [0.2, 0.25) is 6.79 Å². The van der Waals surface area contributed by atoms with Crippen molar-refractivity contribution in [3.63, 3.8) is 0 Å². The Morgan fingerprint density at radius 3 is 1.95 bits per heavy atom. The molecule has 1 fully saturated rings. The van der Waals surface area contributed by atoms with Gasteiger partial charge in [-0.2, -0.15) is 0 Å². The van der Waals surface area contributed by atoms with E-state index in [0.29, 0.717) is 39.9 Å². The normalized spacial score (nSPS) is 20.5. The smallest absolute Gasteiger partial charge is 0.315 e. The molecule has 1 N–H and O–H groups in total. The average Bonchev–Trinajstić information content (AvgIpc) is 3.45. The lowest BCUT2D eigenvalue weighted by Crippen LogP contribution is -2.52. The zero-order valence-corrected chi connectivity index (χ0v) is 22.5. The van der Waals surface area contributed by atoms with Gasteiger partial charge in [-0.3, -0.25) is 9.59 Å². The van der Waals surface area contributed by atoms with Gasteiger partial charge in [0.15, 0.2) is 11.5 Å². The summed E-state index contributed by atoms with van der Waals surface area (Å²) in [7, 11) is 3.06. The molecule has 4 aromatic carbocycles. The number of ether oxygens (including phenoxy) is 5. The Morgan fingerprint density at radius 2 is 1.32 bits per heavy atom. The molecule has 1 saturated carbocycles. The summed E-state index contributed by atoms with van der Waals surface area (Å²) in [6.45, 7) is 0.176. The minimum absolute atomic E-state index is 0.176. The van der Waals surface area contributed by atoms with Crippen LogP contribution in [0.4, 0.5) is 0 Å². The van der Waals surface area contributed by atoms with Gasteiger partial charge in [-0.1, -0.05) is 54.6 Å². The quantitative estimate of drug-likeness (QED) is 0.213. The molecule has 4 aromatic rings. The van der Waals surface area contributed by atoms with Crippen LogP contribution in [0.25, 0.3) is 11.1 Å². The highest BCUT2D eigenvalue weighted by Crippen LogP contribution is 2.60. The number of carboxylic acids is 1. The molecule has 1 heterocycles. The van der Waals surface area contributed by atoms with Crippen molar-refractivity contribution in [1.29, 1.82) is 0 Å². The largest absolute Gasteiger partial charge is 0.496 e. The molecule has 3 unspecified atom stereocenters. The van der Waals surface area contributed by atoms with Gasteiger partial charge in [0, 0.05) is 11.8 Å². The Balaban J connectivity index is 1.37. The number of carbonyl (C=O) groups excluding carboxylic acids is 1. The third kappa shape index (κ3) is 4.71. The van der Waals surface area contributed by atoms with Crippen LogP contribution in [0.15, 0.2) is 91.0 Å². The van der Waals surface area contributed by atoms with Gasteiger partial charge >= 0.3 is 11.9 Å². The maximum atomic E-state index is 14.0. The molecular formula is C33H28O8. The Kier molecular flexibility index (Phi) is 6.97. The van der Waals surface area contributed by atoms with E-state index in [1.165, 1.54) is 14.2 Å². The Morgan fingerprint density at radius 1 is 0.707 bits per heavy atom. The monoisotopic (exact) mass is 552 g/mol. The van der Waals surface area contributed by atoms with Crippen molar-refractivity contribution in [1.82, 2.24) is 0 Å². The van der Waals surface area contributed by atoms with Gasteiger partial charge in [0.25, 0.3) is 0 Å². The third-order valence-electron chi connectivity index (χ3n) is 7.86. The number of methoxy groups -OCH3 is 2. The first kappa shape index (κ1) is 26.3. The molecule has 0 radical (unpaired) electrons. The molecule has 0 saturated heterocycles. The summed E-state index contributed by atoms with van der Waals surface area (Å²) in [4.78, 5) is 26.7. The minimum atomic E-state index is -1.01. The number of hydrogen-bond donors (Lipinski definition) is 1. The van der Waals surface area contributed by atoms with E-state index < -0.39 is 35.6 Å². The Hall–Kier alpha value is -4.98. The number of carboxylic acid groups (broad SMARTS) is 1. The highest BCUT2D eigenvalue weighted by atomic mass is 16.7. The molecule has 1 aliphatic heterocycles. The van der Waals surface area contributed by atoms with Crippen LogP contribution in [0.3, 0.4) is 0 Å². The van der Waals surface area contributed by atoms with Crippen LogP contribution in [0, 0.1) is 11.8 Å². The summed E-state index contributed by atoms with van der Waals surface area (Å²) in [5.74, 6) is -1.89. The van der Waals surface area contributed by atoms with Crippen molar-refractivity contribution < 1.29 is 38.4 Å². The third-order valence-corrected chi connectivity index (χ3v) is 7.86. The van der Waals surface area contributed by atoms with Gasteiger partial charge in [0.05, 0.1) is 26.1 Å². The maximum Gasteiger partial charge on any atom is 0.315 e. The molecule has 0 amide bonds. The maximum absolute atomic E-state index is 14.0. The summed E-state index contributed by atoms with van der Waals surface area (Å²) in [6, 6.07) is 27.2. The summed E-state index contributed by atoms with van der Waals surface area (Å²) in [5.41, 5.74) is 2.99. The van der Waals surface area contributed by atoms with Crippen molar-refractivity contribution in [2.45, 2.75) is 11.8 Å². The second kappa shape index (κ2) is 10.9. The molecular weight excluding hydrogens is 524 g/mol. The van der Waals surface area contributed by atoms with Crippen LogP contribution < -0.4 is 23.7 Å². The number of hydrogen-bond acceptors (Lipinski definition) is 7. The van der Waals surface area contributed by atoms with E-state index in [1.807, 2.05) is 48.5 Å². The van der Waals surface area contributed by atoms with E-state index in [4.69, 9.17) is 23.7 Å². The van der Waals surface area contributed by atoms with E-state index >= 15 is 0 Å². The van der Waals surface area contributed by atoms with Gasteiger partial charge in [-0.25, -0.2) is 0 Å². The molecule has 41 heavy (non-hydrogen) atoms. The zero-order chi connectivity index (χ0) is 28.5. The second-order valence-electron chi connectivity index (χ2n) is 9.94. The predicted octanol–water partition coefficient (Wildman–Crippen LogP) is 5.90. The van der Waals surface area contributed by atoms with Crippen molar-refractivity contribution >= 4 is 11.9 Å². The first-order chi connectivity index (χ1) is 20.0. The molecule has 2 aliphatic rings. The Labute approximate surface area is 237 Å². The van der Waals surface area contributed by atoms with Gasteiger partial charge < -0.3 is 28.8 Å². The van der Waals surface area contributed by atoms with Crippen molar-refractivity contribution in [2.75, 3.05) is 21.0 Å². The SMILES string of the molecule is COc1ccccc1C1C(C(=O)O)[C@H](c2ccccc2OC)C1C(=O)Oc1cccc(-c2ccc3c(c2)OCO3)c1. The van der Waals surface area contributed by atoms with Gasteiger partial charge in [0.1, 0.15) is 17.2 Å². The van der Waals surface area contributed by atoms with Crippen LogP contribution in [0.1, 0.15) is 23.0 Å². The fourth-order valence-corrected chi connectivity index (χ4v) is 6.01. The minimum Gasteiger partial charge on any atom is -0.496 e. The average molecular weight is 553 g/mol. The topological polar surface area (TPSA) is 101 Å². The van der Waals surface area contributed by atoms with Crippen molar-refractivity contribution in [3.8, 4) is 39.9 Å². The lowest BCUT2D eigenvalue weighted by molar-refractivity contribution is -0.158. The summed E-state index contributed by atoms with van der Waals surface area (Å²) >= 11 is 0. The lowest BCUT2D eigenvalue weighted by Gasteiger charge is -2.49. The number of aliphatic carboxylic acids is 1. The first-order valence-corrected chi connectivity index (χ1v) is 13.2. The van der Waals surface area contributed by atoms with Crippen molar-refractivity contribution in [2.24, 2.45) is 11.8 Å². The van der Waals surface area contributed by atoms with E-state index in [-0.39, 0.29) is 6.79 Å². The number of carbonyl (C=O) groups is 2. The van der Waals surface area contributed by atoms with Crippen LogP contribution >= 0.6 is 0 Å². The number of rotatable bonds is 8. The van der Waals surface area contributed by atoms with Crippen LogP contribution in [-0.4, -0.2) is 38.1 Å². The van der Waals surface area contributed by atoms with E-state index in [9.17, 15) is 14.7 Å². The van der Waals surface area contributed by atoms with Crippen LogP contribution in [0.2, 0.25) is 0 Å². The molecule has 1 aliphatic carbocycles. The summed E-state index contributed by atoms with van der Waals surface area (Å²) in [5, 5.41) is 10.4. The number of benzene rings is 4. The predicted molar refractivity (Wildman–Crippen MR) is 150 cm³/mol. The first-order valence-electron chi connectivity index (χ1n) is 13.2. The summed E-state index contributed by atoms with van der Waals surface area (Å²) < 4.78 is 28.0. The molecule has 0 aromatic heterocycles.